The lowest BCUT2D eigenvalue weighted by Gasteiger charge is -2.42. The Bertz CT molecular complexity index is 211. The summed E-state index contributed by atoms with van der Waals surface area (Å²) in [6.45, 7) is 10.0. The van der Waals surface area contributed by atoms with Crippen molar-refractivity contribution >= 4 is 0 Å². The summed E-state index contributed by atoms with van der Waals surface area (Å²) in [6, 6.07) is 0.632. The molecule has 0 aliphatic heterocycles. The van der Waals surface area contributed by atoms with Crippen molar-refractivity contribution in [1.82, 2.24) is 4.90 Å². The first-order chi connectivity index (χ1) is 7.39. The van der Waals surface area contributed by atoms with E-state index in [9.17, 15) is 0 Å². The smallest absolute Gasteiger partial charge is 0.0306 e. The summed E-state index contributed by atoms with van der Waals surface area (Å²) in [5.41, 5.74) is 6.21. The summed E-state index contributed by atoms with van der Waals surface area (Å²) in [4.78, 5) is 2.52. The van der Waals surface area contributed by atoms with Crippen LogP contribution in [0.4, 0.5) is 0 Å². The largest absolute Gasteiger partial charge is 0.329 e. The Labute approximate surface area is 102 Å². The molecular formula is C14H30N2. The Morgan fingerprint density at radius 2 is 1.88 bits per heavy atom. The van der Waals surface area contributed by atoms with Gasteiger partial charge in [0, 0.05) is 18.1 Å². The van der Waals surface area contributed by atoms with Gasteiger partial charge in [0.2, 0.25) is 0 Å². The summed E-state index contributed by atoms with van der Waals surface area (Å²) in [5.74, 6) is 1.71. The summed E-state index contributed by atoms with van der Waals surface area (Å²) in [7, 11) is 2.25. The molecule has 2 N–H and O–H groups in total. The molecule has 1 rings (SSSR count). The van der Waals surface area contributed by atoms with Gasteiger partial charge in [0.15, 0.2) is 0 Å². The number of rotatable bonds is 7. The minimum Gasteiger partial charge on any atom is -0.329 e. The lowest BCUT2D eigenvalue weighted by molar-refractivity contribution is 0.0766. The number of likely N-dealkylation sites (N-methyl/N-ethyl adjacent to an activating group) is 1. The van der Waals surface area contributed by atoms with Gasteiger partial charge in [-0.1, -0.05) is 26.7 Å². The molecule has 2 atom stereocenters. The molecule has 0 heterocycles. The Balaban J connectivity index is 2.54. The van der Waals surface area contributed by atoms with Gasteiger partial charge < -0.3 is 5.73 Å². The fourth-order valence-corrected chi connectivity index (χ4v) is 2.69. The molecule has 0 saturated heterocycles. The minimum absolute atomic E-state index is 0.204. The fraction of sp³-hybridized carbons (Fsp3) is 1.00. The molecule has 2 heteroatoms. The van der Waals surface area contributed by atoms with Crippen LogP contribution in [0.5, 0.6) is 0 Å². The van der Waals surface area contributed by atoms with Crippen LogP contribution in [-0.4, -0.2) is 30.1 Å². The van der Waals surface area contributed by atoms with Crippen molar-refractivity contribution in [3.05, 3.63) is 0 Å². The topological polar surface area (TPSA) is 29.3 Å². The number of nitrogens with two attached hydrogens (primary N) is 1. The van der Waals surface area contributed by atoms with Gasteiger partial charge in [-0.05, 0) is 45.6 Å². The van der Waals surface area contributed by atoms with E-state index in [0.717, 1.165) is 18.4 Å². The van der Waals surface area contributed by atoms with Crippen molar-refractivity contribution in [1.29, 1.82) is 0 Å². The molecule has 0 aromatic heterocycles. The summed E-state index contributed by atoms with van der Waals surface area (Å²) in [6.07, 6.45) is 5.38. The maximum atomic E-state index is 6.01. The molecular weight excluding hydrogens is 196 g/mol. The van der Waals surface area contributed by atoms with E-state index >= 15 is 0 Å². The molecule has 96 valence electrons. The molecule has 1 aliphatic rings. The third-order valence-corrected chi connectivity index (χ3v) is 4.19. The zero-order chi connectivity index (χ0) is 12.3. The normalized spacial score (nSPS) is 22.5. The first kappa shape index (κ1) is 14.0. The molecule has 0 radical (unpaired) electrons. The average molecular weight is 226 g/mol. The van der Waals surface area contributed by atoms with Crippen molar-refractivity contribution in [2.24, 2.45) is 17.6 Å². The van der Waals surface area contributed by atoms with Gasteiger partial charge in [-0.15, -0.1) is 0 Å². The zero-order valence-corrected chi connectivity index (χ0v) is 11.8. The van der Waals surface area contributed by atoms with Crippen molar-refractivity contribution in [2.75, 3.05) is 13.6 Å². The average Bonchev–Trinajstić information content (AvgIpc) is 2.99. The molecule has 0 aromatic rings. The predicted octanol–water partition coefficient (Wildman–Crippen LogP) is 2.87. The van der Waals surface area contributed by atoms with E-state index in [-0.39, 0.29) is 5.54 Å². The third-order valence-electron chi connectivity index (χ3n) is 4.19. The quantitative estimate of drug-likeness (QED) is 0.723. The van der Waals surface area contributed by atoms with Crippen LogP contribution in [0, 0.1) is 11.8 Å². The van der Waals surface area contributed by atoms with Gasteiger partial charge in [-0.25, -0.2) is 0 Å². The first-order valence-electron chi connectivity index (χ1n) is 6.82. The molecule has 16 heavy (non-hydrogen) atoms. The molecule has 0 aromatic carbocycles. The van der Waals surface area contributed by atoms with E-state index in [1.807, 2.05) is 0 Å². The van der Waals surface area contributed by atoms with Crippen LogP contribution >= 0.6 is 0 Å². The summed E-state index contributed by atoms with van der Waals surface area (Å²) < 4.78 is 0. The van der Waals surface area contributed by atoms with E-state index < -0.39 is 0 Å². The van der Waals surface area contributed by atoms with Crippen molar-refractivity contribution in [3.8, 4) is 0 Å². The second-order valence-electron chi connectivity index (χ2n) is 6.44. The Kier molecular flexibility index (Phi) is 4.81. The highest BCUT2D eigenvalue weighted by Crippen LogP contribution is 2.39. The maximum absolute atomic E-state index is 6.01. The molecule has 0 spiro atoms. The molecule has 2 unspecified atom stereocenters. The first-order valence-corrected chi connectivity index (χ1v) is 6.82. The molecule has 1 fully saturated rings. The van der Waals surface area contributed by atoms with Gasteiger partial charge in [-0.2, -0.15) is 0 Å². The summed E-state index contributed by atoms with van der Waals surface area (Å²) in [5, 5.41) is 0. The Hall–Kier alpha value is -0.0800. The van der Waals surface area contributed by atoms with Gasteiger partial charge in [-0.3, -0.25) is 4.90 Å². The highest BCUT2D eigenvalue weighted by molar-refractivity contribution is 4.93. The summed E-state index contributed by atoms with van der Waals surface area (Å²) >= 11 is 0. The van der Waals surface area contributed by atoms with Gasteiger partial charge in [0.05, 0.1) is 0 Å². The van der Waals surface area contributed by atoms with Crippen molar-refractivity contribution < 1.29 is 0 Å². The van der Waals surface area contributed by atoms with E-state index in [1.54, 1.807) is 0 Å². The SMILES string of the molecule is CC(C)CC(C)N(C)C(C)(CN)CC1CC1. The molecule has 0 amide bonds. The van der Waals surface area contributed by atoms with Crippen LogP contribution < -0.4 is 5.73 Å². The fourth-order valence-electron chi connectivity index (χ4n) is 2.69. The lowest BCUT2D eigenvalue weighted by atomic mass is 9.90. The minimum atomic E-state index is 0.204. The van der Waals surface area contributed by atoms with Crippen LogP contribution in [0.15, 0.2) is 0 Å². The number of hydrogen-bond donors (Lipinski definition) is 1. The molecule has 0 bridgehead atoms. The highest BCUT2D eigenvalue weighted by atomic mass is 15.2. The monoisotopic (exact) mass is 226 g/mol. The number of hydrogen-bond acceptors (Lipinski definition) is 2. The lowest BCUT2D eigenvalue weighted by Crippen LogP contribution is -2.53. The molecule has 2 nitrogen and oxygen atoms in total. The van der Waals surface area contributed by atoms with Crippen LogP contribution in [0.25, 0.3) is 0 Å². The highest BCUT2D eigenvalue weighted by Gasteiger charge is 2.36. The zero-order valence-electron chi connectivity index (χ0n) is 11.8. The van der Waals surface area contributed by atoms with E-state index in [2.05, 4.69) is 39.6 Å². The number of nitrogens with zero attached hydrogens (tertiary/aromatic N) is 1. The van der Waals surface area contributed by atoms with Crippen LogP contribution in [-0.2, 0) is 0 Å². The van der Waals surface area contributed by atoms with Crippen LogP contribution in [0.2, 0.25) is 0 Å². The predicted molar refractivity (Wildman–Crippen MR) is 71.5 cm³/mol. The van der Waals surface area contributed by atoms with Crippen LogP contribution in [0.1, 0.15) is 53.4 Å². The van der Waals surface area contributed by atoms with Gasteiger partial charge in [0.25, 0.3) is 0 Å². The molecule has 1 saturated carbocycles. The van der Waals surface area contributed by atoms with E-state index in [0.29, 0.717) is 6.04 Å². The second-order valence-corrected chi connectivity index (χ2v) is 6.44. The van der Waals surface area contributed by atoms with Gasteiger partial charge in [0.1, 0.15) is 0 Å². The third kappa shape index (κ3) is 3.74. The second kappa shape index (κ2) is 5.50. The molecule has 1 aliphatic carbocycles. The van der Waals surface area contributed by atoms with Crippen molar-refractivity contribution in [2.45, 2.75) is 65.0 Å². The van der Waals surface area contributed by atoms with Gasteiger partial charge >= 0.3 is 0 Å². The Morgan fingerprint density at radius 1 is 1.31 bits per heavy atom. The van der Waals surface area contributed by atoms with Crippen molar-refractivity contribution in [3.63, 3.8) is 0 Å². The van der Waals surface area contributed by atoms with E-state index in [4.69, 9.17) is 5.73 Å². The maximum Gasteiger partial charge on any atom is 0.0306 e. The van der Waals surface area contributed by atoms with Crippen LogP contribution in [0.3, 0.4) is 0 Å². The standard InChI is InChI=1S/C14H30N2/c1-11(2)8-12(3)16(5)14(4,10-15)9-13-6-7-13/h11-13H,6-10,15H2,1-5H3. The Morgan fingerprint density at radius 3 is 2.25 bits per heavy atom. The van der Waals surface area contributed by atoms with E-state index in [1.165, 1.54) is 25.7 Å².